The third kappa shape index (κ3) is 1.63. The van der Waals surface area contributed by atoms with E-state index in [9.17, 15) is 5.11 Å². The molecule has 0 aromatic carbocycles. The average molecular weight is 175 g/mol. The fourth-order valence-corrected chi connectivity index (χ4v) is 1.73. The first-order valence-corrected chi connectivity index (χ1v) is 4.62. The van der Waals surface area contributed by atoms with E-state index in [1.807, 2.05) is 24.3 Å². The van der Waals surface area contributed by atoms with Crippen LogP contribution in [0.5, 0.6) is 0 Å². The highest BCUT2D eigenvalue weighted by atomic mass is 16.3. The van der Waals surface area contributed by atoms with E-state index in [1.165, 1.54) is 0 Å². The molecule has 2 nitrogen and oxygen atoms in total. The zero-order chi connectivity index (χ0) is 9.15. The molecule has 1 aromatic rings. The monoisotopic (exact) mass is 175 g/mol. The highest BCUT2D eigenvalue weighted by molar-refractivity contribution is 5.26. The summed E-state index contributed by atoms with van der Waals surface area (Å²) < 4.78 is 0. The first-order chi connectivity index (χ1) is 6.31. The molecule has 0 saturated carbocycles. The summed E-state index contributed by atoms with van der Waals surface area (Å²) in [7, 11) is 0. The van der Waals surface area contributed by atoms with Crippen molar-refractivity contribution in [1.29, 1.82) is 0 Å². The second-order valence-electron chi connectivity index (χ2n) is 3.45. The molecular weight excluding hydrogens is 162 g/mol. The molecule has 1 aromatic heterocycles. The van der Waals surface area contributed by atoms with Crippen molar-refractivity contribution in [1.82, 2.24) is 4.98 Å². The van der Waals surface area contributed by atoms with Gasteiger partial charge in [-0.05, 0) is 37.0 Å². The van der Waals surface area contributed by atoms with Crippen molar-refractivity contribution in [3.8, 4) is 0 Å². The van der Waals surface area contributed by atoms with Gasteiger partial charge in [0.05, 0.1) is 0 Å². The number of aromatic nitrogens is 1. The Hall–Kier alpha value is -1.15. The van der Waals surface area contributed by atoms with Crippen LogP contribution in [0.4, 0.5) is 0 Å². The second kappa shape index (κ2) is 3.30. The van der Waals surface area contributed by atoms with Crippen molar-refractivity contribution < 1.29 is 5.11 Å². The lowest BCUT2D eigenvalue weighted by Crippen LogP contribution is -2.24. The predicted octanol–water partition coefficient (Wildman–Crippen LogP) is 2.01. The Balaban J connectivity index is 2.34. The molecule has 0 bridgehead atoms. The summed E-state index contributed by atoms with van der Waals surface area (Å²) in [6.07, 6.45) is 10.3. The van der Waals surface area contributed by atoms with E-state index in [1.54, 1.807) is 12.4 Å². The largest absolute Gasteiger partial charge is 0.381 e. The number of pyridine rings is 1. The minimum Gasteiger partial charge on any atom is -0.381 e. The van der Waals surface area contributed by atoms with E-state index in [0.717, 1.165) is 24.8 Å². The minimum atomic E-state index is -0.749. The molecule has 1 heterocycles. The summed E-state index contributed by atoms with van der Waals surface area (Å²) in [5.41, 5.74) is 0.194. The molecule has 0 radical (unpaired) electrons. The van der Waals surface area contributed by atoms with Gasteiger partial charge in [-0.1, -0.05) is 12.2 Å². The van der Waals surface area contributed by atoms with Crippen LogP contribution in [-0.4, -0.2) is 10.1 Å². The van der Waals surface area contributed by atoms with Crippen molar-refractivity contribution >= 4 is 0 Å². The number of aliphatic hydroxyl groups is 1. The topological polar surface area (TPSA) is 33.1 Å². The Morgan fingerprint density at radius 2 is 2.08 bits per heavy atom. The fourth-order valence-electron chi connectivity index (χ4n) is 1.73. The Bertz CT molecular complexity index is 307. The maximum absolute atomic E-state index is 10.2. The second-order valence-corrected chi connectivity index (χ2v) is 3.45. The van der Waals surface area contributed by atoms with Gasteiger partial charge in [-0.15, -0.1) is 0 Å². The van der Waals surface area contributed by atoms with Gasteiger partial charge in [0, 0.05) is 12.4 Å². The minimum absolute atomic E-state index is 0.749. The number of hydrogen-bond acceptors (Lipinski definition) is 2. The molecule has 1 atom stereocenters. The Kier molecular flexibility index (Phi) is 2.15. The summed E-state index contributed by atoms with van der Waals surface area (Å²) in [4.78, 5) is 3.94. The highest BCUT2D eigenvalue weighted by Gasteiger charge is 2.26. The van der Waals surface area contributed by atoms with Crippen LogP contribution in [0.25, 0.3) is 0 Å². The van der Waals surface area contributed by atoms with Gasteiger partial charge in [0.1, 0.15) is 5.60 Å². The first-order valence-electron chi connectivity index (χ1n) is 4.62. The van der Waals surface area contributed by atoms with E-state index in [4.69, 9.17) is 0 Å². The molecule has 1 unspecified atom stereocenters. The van der Waals surface area contributed by atoms with E-state index in [0.29, 0.717) is 0 Å². The molecule has 2 rings (SSSR count). The van der Waals surface area contributed by atoms with E-state index in [2.05, 4.69) is 4.98 Å². The van der Waals surface area contributed by atoms with Crippen LogP contribution in [-0.2, 0) is 5.60 Å². The molecule has 0 amide bonds. The quantitative estimate of drug-likeness (QED) is 0.662. The molecule has 68 valence electrons. The van der Waals surface area contributed by atoms with Crippen molar-refractivity contribution in [2.24, 2.45) is 0 Å². The van der Waals surface area contributed by atoms with Crippen LogP contribution in [0.3, 0.4) is 0 Å². The molecule has 1 aliphatic rings. The van der Waals surface area contributed by atoms with E-state index < -0.39 is 5.60 Å². The summed E-state index contributed by atoms with van der Waals surface area (Å²) in [5.74, 6) is 0. The molecule has 0 spiro atoms. The van der Waals surface area contributed by atoms with Crippen molar-refractivity contribution in [3.05, 3.63) is 42.2 Å². The number of hydrogen-bond donors (Lipinski definition) is 1. The number of allylic oxidation sites excluding steroid dienone is 1. The van der Waals surface area contributed by atoms with Gasteiger partial charge >= 0.3 is 0 Å². The molecular formula is C11H13NO. The Labute approximate surface area is 77.9 Å². The van der Waals surface area contributed by atoms with Crippen molar-refractivity contribution in [2.45, 2.75) is 24.9 Å². The maximum atomic E-state index is 10.2. The molecule has 13 heavy (non-hydrogen) atoms. The third-order valence-electron chi connectivity index (χ3n) is 2.50. The van der Waals surface area contributed by atoms with E-state index in [-0.39, 0.29) is 0 Å². The van der Waals surface area contributed by atoms with Crippen LogP contribution in [0, 0.1) is 0 Å². The zero-order valence-electron chi connectivity index (χ0n) is 7.48. The number of rotatable bonds is 1. The molecule has 0 aliphatic heterocycles. The molecule has 0 fully saturated rings. The summed E-state index contributed by atoms with van der Waals surface area (Å²) >= 11 is 0. The lowest BCUT2D eigenvalue weighted by atomic mass is 9.85. The van der Waals surface area contributed by atoms with Gasteiger partial charge in [0.2, 0.25) is 0 Å². The number of nitrogens with zero attached hydrogens (tertiary/aromatic N) is 1. The fraction of sp³-hybridized carbons (Fsp3) is 0.364. The molecule has 1 N–H and O–H groups in total. The van der Waals surface area contributed by atoms with Crippen molar-refractivity contribution in [2.75, 3.05) is 0 Å². The molecule has 1 aliphatic carbocycles. The third-order valence-corrected chi connectivity index (χ3v) is 2.50. The lowest BCUT2D eigenvalue weighted by molar-refractivity contribution is 0.0725. The van der Waals surface area contributed by atoms with Gasteiger partial charge in [-0.2, -0.15) is 0 Å². The highest BCUT2D eigenvalue weighted by Crippen LogP contribution is 2.31. The smallest absolute Gasteiger partial charge is 0.108 e. The summed E-state index contributed by atoms with van der Waals surface area (Å²) in [6.45, 7) is 0. The first kappa shape index (κ1) is 8.45. The SMILES string of the molecule is OC1(c2ccncc2)C=CCCC1. The Morgan fingerprint density at radius 1 is 1.31 bits per heavy atom. The van der Waals surface area contributed by atoms with Gasteiger partial charge in [-0.3, -0.25) is 4.98 Å². The van der Waals surface area contributed by atoms with Crippen LogP contribution >= 0.6 is 0 Å². The Morgan fingerprint density at radius 3 is 2.69 bits per heavy atom. The van der Waals surface area contributed by atoms with Crippen LogP contribution in [0.15, 0.2) is 36.7 Å². The molecule has 2 heteroatoms. The average Bonchev–Trinajstić information content (AvgIpc) is 2.20. The normalized spacial score (nSPS) is 27.5. The summed E-state index contributed by atoms with van der Waals surface area (Å²) in [6, 6.07) is 3.74. The zero-order valence-corrected chi connectivity index (χ0v) is 7.48. The van der Waals surface area contributed by atoms with Crippen LogP contribution < -0.4 is 0 Å². The van der Waals surface area contributed by atoms with Gasteiger partial charge in [-0.25, -0.2) is 0 Å². The van der Waals surface area contributed by atoms with Gasteiger partial charge in [0.15, 0.2) is 0 Å². The van der Waals surface area contributed by atoms with Crippen molar-refractivity contribution in [3.63, 3.8) is 0 Å². The van der Waals surface area contributed by atoms with Crippen LogP contribution in [0.1, 0.15) is 24.8 Å². The summed E-state index contributed by atoms with van der Waals surface area (Å²) in [5, 5.41) is 10.2. The van der Waals surface area contributed by atoms with Crippen LogP contribution in [0.2, 0.25) is 0 Å². The lowest BCUT2D eigenvalue weighted by Gasteiger charge is -2.27. The van der Waals surface area contributed by atoms with E-state index >= 15 is 0 Å². The predicted molar refractivity (Wildman–Crippen MR) is 51.1 cm³/mol. The van der Waals surface area contributed by atoms with Gasteiger partial charge in [0.25, 0.3) is 0 Å². The standard InChI is InChI=1S/C11H13NO/c13-11(6-2-1-3-7-11)10-4-8-12-9-5-10/h2,4-6,8-9,13H,1,3,7H2. The molecule has 0 saturated heterocycles. The maximum Gasteiger partial charge on any atom is 0.108 e. The van der Waals surface area contributed by atoms with Gasteiger partial charge < -0.3 is 5.11 Å².